The lowest BCUT2D eigenvalue weighted by atomic mass is 9.97. The van der Waals surface area contributed by atoms with Gasteiger partial charge in [-0.05, 0) is 24.3 Å². The minimum Gasteiger partial charge on any atom is -0.467 e. The van der Waals surface area contributed by atoms with Crippen LogP contribution in [-0.4, -0.2) is 13.6 Å². The zero-order valence-electron chi connectivity index (χ0n) is 13.0. The topological polar surface area (TPSA) is 89.0 Å². The first-order valence-corrected chi connectivity index (χ1v) is 7.44. The van der Waals surface area contributed by atoms with Crippen molar-refractivity contribution in [1.82, 2.24) is 0 Å². The van der Waals surface area contributed by atoms with Gasteiger partial charge in [-0.15, -0.1) is 12.4 Å². The zero-order chi connectivity index (χ0) is 15.8. The van der Waals surface area contributed by atoms with E-state index < -0.39 is 0 Å². The Morgan fingerprint density at radius 2 is 1.21 bits per heavy atom. The van der Waals surface area contributed by atoms with Crippen molar-refractivity contribution in [2.24, 2.45) is 0 Å². The molecule has 0 bridgehead atoms. The number of fused-ring (bicyclic) bond motifs is 2. The summed E-state index contributed by atoms with van der Waals surface area (Å²) in [6, 6.07) is 7.63. The highest BCUT2D eigenvalue weighted by Gasteiger charge is 2.20. The van der Waals surface area contributed by atoms with Crippen LogP contribution < -0.4 is 20.9 Å². The molecule has 0 aliphatic carbocycles. The highest BCUT2D eigenvalue weighted by molar-refractivity contribution is 5.85. The Labute approximate surface area is 146 Å². The van der Waals surface area contributed by atoms with Crippen LogP contribution in [0.2, 0.25) is 0 Å². The first-order chi connectivity index (χ1) is 11.2. The SMILES string of the molecule is Cl.Nc1cc2c(c(Cc3cc(N)cc4c3OCOC4)c1)OCOC2. The van der Waals surface area contributed by atoms with Gasteiger partial charge in [0, 0.05) is 40.0 Å². The van der Waals surface area contributed by atoms with Crippen molar-refractivity contribution in [3.05, 3.63) is 46.5 Å². The van der Waals surface area contributed by atoms with Crippen molar-refractivity contribution in [2.45, 2.75) is 19.6 Å². The maximum Gasteiger partial charge on any atom is 0.189 e. The van der Waals surface area contributed by atoms with E-state index in [1.54, 1.807) is 0 Å². The first-order valence-electron chi connectivity index (χ1n) is 7.44. The van der Waals surface area contributed by atoms with Gasteiger partial charge in [0.25, 0.3) is 0 Å². The Morgan fingerprint density at radius 1 is 0.750 bits per heavy atom. The minimum atomic E-state index is 0. The highest BCUT2D eigenvalue weighted by Crippen LogP contribution is 2.37. The Bertz CT molecular complexity index is 703. The van der Waals surface area contributed by atoms with E-state index in [1.807, 2.05) is 24.3 Å². The summed E-state index contributed by atoms with van der Waals surface area (Å²) in [6.07, 6.45) is 0.626. The molecule has 2 aliphatic heterocycles. The quantitative estimate of drug-likeness (QED) is 0.809. The Morgan fingerprint density at radius 3 is 1.67 bits per heavy atom. The third-order valence-corrected chi connectivity index (χ3v) is 4.00. The van der Waals surface area contributed by atoms with Gasteiger partial charge in [-0.1, -0.05) is 0 Å². The molecule has 0 saturated heterocycles. The molecule has 4 N–H and O–H groups in total. The minimum absolute atomic E-state index is 0. The van der Waals surface area contributed by atoms with E-state index in [9.17, 15) is 0 Å². The number of halogens is 1. The molecule has 128 valence electrons. The van der Waals surface area contributed by atoms with Gasteiger partial charge < -0.3 is 30.4 Å². The smallest absolute Gasteiger partial charge is 0.189 e. The van der Waals surface area contributed by atoms with Gasteiger partial charge in [-0.3, -0.25) is 0 Å². The fraction of sp³-hybridized carbons (Fsp3) is 0.294. The molecule has 0 unspecified atom stereocenters. The Hall–Kier alpha value is -2.15. The molecule has 6 nitrogen and oxygen atoms in total. The third-order valence-electron chi connectivity index (χ3n) is 4.00. The van der Waals surface area contributed by atoms with Gasteiger partial charge in [-0.2, -0.15) is 0 Å². The fourth-order valence-corrected chi connectivity index (χ4v) is 3.12. The Balaban J connectivity index is 0.00000169. The monoisotopic (exact) mass is 350 g/mol. The number of ether oxygens (including phenoxy) is 4. The number of hydrogen-bond donors (Lipinski definition) is 2. The molecule has 0 saturated carbocycles. The van der Waals surface area contributed by atoms with Crippen molar-refractivity contribution in [2.75, 3.05) is 25.1 Å². The molecule has 0 fully saturated rings. The second-order valence-electron chi connectivity index (χ2n) is 5.73. The highest BCUT2D eigenvalue weighted by atomic mass is 35.5. The molecule has 0 atom stereocenters. The van der Waals surface area contributed by atoms with Crippen molar-refractivity contribution < 1.29 is 18.9 Å². The van der Waals surface area contributed by atoms with Crippen molar-refractivity contribution in [3.8, 4) is 11.5 Å². The van der Waals surface area contributed by atoms with Gasteiger partial charge in [0.15, 0.2) is 13.6 Å². The lowest BCUT2D eigenvalue weighted by Gasteiger charge is -2.24. The van der Waals surface area contributed by atoms with Gasteiger partial charge in [0.05, 0.1) is 13.2 Å². The van der Waals surface area contributed by atoms with Crippen molar-refractivity contribution in [3.63, 3.8) is 0 Å². The number of nitrogens with two attached hydrogens (primary N) is 2. The maximum absolute atomic E-state index is 6.02. The van der Waals surface area contributed by atoms with Crippen LogP contribution in [0.3, 0.4) is 0 Å². The van der Waals surface area contributed by atoms with E-state index >= 15 is 0 Å². The lowest BCUT2D eigenvalue weighted by molar-refractivity contribution is -0.0176. The number of benzene rings is 2. The van der Waals surface area contributed by atoms with E-state index in [0.717, 1.165) is 33.8 Å². The number of nitrogen functional groups attached to an aromatic ring is 2. The van der Waals surface area contributed by atoms with E-state index in [4.69, 9.17) is 30.4 Å². The molecule has 0 radical (unpaired) electrons. The Kier molecular flexibility index (Phi) is 4.71. The summed E-state index contributed by atoms with van der Waals surface area (Å²) in [7, 11) is 0. The molecule has 2 aromatic carbocycles. The van der Waals surface area contributed by atoms with Crippen LogP contribution in [0.5, 0.6) is 11.5 Å². The van der Waals surface area contributed by atoms with Crippen LogP contribution >= 0.6 is 12.4 Å². The summed E-state index contributed by atoms with van der Waals surface area (Å²) in [4.78, 5) is 0. The van der Waals surface area contributed by atoms with Crippen LogP contribution in [0, 0.1) is 0 Å². The largest absolute Gasteiger partial charge is 0.467 e. The maximum atomic E-state index is 6.02. The fourth-order valence-electron chi connectivity index (χ4n) is 3.12. The lowest BCUT2D eigenvalue weighted by Crippen LogP contribution is -2.16. The second kappa shape index (κ2) is 6.76. The molecule has 2 aliphatic rings. The first kappa shape index (κ1) is 16.7. The molecule has 24 heavy (non-hydrogen) atoms. The average Bonchev–Trinajstić information content (AvgIpc) is 2.54. The zero-order valence-corrected chi connectivity index (χ0v) is 13.9. The molecule has 4 rings (SSSR count). The van der Waals surface area contributed by atoms with Gasteiger partial charge >= 0.3 is 0 Å². The summed E-state index contributed by atoms with van der Waals surface area (Å²) < 4.78 is 22.0. The summed E-state index contributed by atoms with van der Waals surface area (Å²) in [5.41, 5.74) is 17.4. The van der Waals surface area contributed by atoms with E-state index in [2.05, 4.69) is 0 Å². The molecule has 0 spiro atoms. The normalized spacial score (nSPS) is 15.3. The average molecular weight is 351 g/mol. The summed E-state index contributed by atoms with van der Waals surface area (Å²) in [5.74, 6) is 1.68. The van der Waals surface area contributed by atoms with Gasteiger partial charge in [0.1, 0.15) is 11.5 Å². The van der Waals surface area contributed by atoms with Crippen LogP contribution in [0.25, 0.3) is 0 Å². The molecule has 0 aromatic heterocycles. The van der Waals surface area contributed by atoms with E-state index in [-0.39, 0.29) is 26.0 Å². The summed E-state index contributed by atoms with van der Waals surface area (Å²) >= 11 is 0. The van der Waals surface area contributed by atoms with E-state index in [0.29, 0.717) is 31.0 Å². The summed E-state index contributed by atoms with van der Waals surface area (Å²) in [5, 5.41) is 0. The van der Waals surface area contributed by atoms with Gasteiger partial charge in [-0.25, -0.2) is 0 Å². The van der Waals surface area contributed by atoms with E-state index in [1.165, 1.54) is 0 Å². The molecule has 0 amide bonds. The standard InChI is InChI=1S/C17H18N2O4.ClH/c18-14-2-10(16-12(4-14)6-20-8-22-16)1-11-3-15(19)5-13-7-21-9-23-17(11)13;/h2-5H,1,6-9,18-19H2;1H. The van der Waals surface area contributed by atoms with Crippen molar-refractivity contribution in [1.29, 1.82) is 0 Å². The molecular formula is C17H19ClN2O4. The third kappa shape index (κ3) is 3.08. The second-order valence-corrected chi connectivity index (χ2v) is 5.73. The number of hydrogen-bond acceptors (Lipinski definition) is 6. The molecule has 2 heterocycles. The van der Waals surface area contributed by atoms with Crippen LogP contribution in [-0.2, 0) is 29.1 Å². The number of rotatable bonds is 2. The molecule has 2 aromatic rings. The molecular weight excluding hydrogens is 332 g/mol. The van der Waals surface area contributed by atoms with Gasteiger partial charge in [0.2, 0.25) is 0 Å². The van der Waals surface area contributed by atoms with Crippen LogP contribution in [0.15, 0.2) is 24.3 Å². The molecule has 7 heteroatoms. The summed E-state index contributed by atoms with van der Waals surface area (Å²) in [6.45, 7) is 1.52. The van der Waals surface area contributed by atoms with Crippen molar-refractivity contribution >= 4 is 23.8 Å². The van der Waals surface area contributed by atoms with Crippen LogP contribution in [0.4, 0.5) is 11.4 Å². The van der Waals surface area contributed by atoms with Crippen LogP contribution in [0.1, 0.15) is 22.3 Å². The predicted octanol–water partition coefficient (Wildman–Crippen LogP) is 2.60. The number of anilines is 2. The predicted molar refractivity (Wildman–Crippen MR) is 92.3 cm³/mol.